The van der Waals surface area contributed by atoms with Gasteiger partial charge in [-0.1, -0.05) is 0 Å². The minimum atomic E-state index is -2.46. The summed E-state index contributed by atoms with van der Waals surface area (Å²) >= 11 is 0. The Hall–Kier alpha value is -3.81. The van der Waals surface area contributed by atoms with Gasteiger partial charge in [-0.3, -0.25) is 0 Å². The Morgan fingerprint density at radius 1 is 0.743 bits per heavy atom. The van der Waals surface area contributed by atoms with Crippen molar-refractivity contribution in [3.05, 3.63) is 144 Å². The number of hydrogen-bond acceptors (Lipinski definition) is 2. The Balaban J connectivity index is 1.56. The molecule has 0 spiro atoms. The zero-order chi connectivity index (χ0) is 24.1. The van der Waals surface area contributed by atoms with Crippen LogP contribution in [-0.2, 0) is 6.16 Å². The first-order chi connectivity index (χ1) is 17.1. The van der Waals surface area contributed by atoms with E-state index in [9.17, 15) is 4.39 Å². The molecule has 5 aromatic rings. The Bertz CT molecular complexity index is 1330. The Morgan fingerprint density at radius 2 is 1.29 bits per heavy atom. The summed E-state index contributed by atoms with van der Waals surface area (Å²) in [6.45, 7) is 1.87. The zero-order valence-electron chi connectivity index (χ0n) is 19.6. The standard InChI is InChI=1S/C31H27FNOP/c1-24-17-18-25(30(32)21-24)19-20-31-33-26(22-34-31)23-35(27-11-5-2-6-12-27,28-13-7-3-8-14-28)29-15-9-4-10-16-29/h2-22,35H,23H2,1H3/b20-19+. The minimum absolute atomic E-state index is 0.253. The normalized spacial score (nSPS) is 12.2. The predicted molar refractivity (Wildman–Crippen MR) is 147 cm³/mol. The van der Waals surface area contributed by atoms with Crippen LogP contribution in [0.15, 0.2) is 120 Å². The monoisotopic (exact) mass is 479 g/mol. The van der Waals surface area contributed by atoms with Gasteiger partial charge in [0.2, 0.25) is 0 Å². The van der Waals surface area contributed by atoms with Crippen LogP contribution in [0.5, 0.6) is 0 Å². The molecule has 0 bridgehead atoms. The number of benzene rings is 4. The maximum atomic E-state index is 14.2. The van der Waals surface area contributed by atoms with Crippen LogP contribution < -0.4 is 15.9 Å². The molecule has 2 nitrogen and oxygen atoms in total. The van der Waals surface area contributed by atoms with E-state index in [1.165, 1.54) is 22.0 Å². The van der Waals surface area contributed by atoms with Gasteiger partial charge in [-0.15, -0.1) is 0 Å². The molecule has 0 unspecified atom stereocenters. The van der Waals surface area contributed by atoms with Crippen molar-refractivity contribution in [2.75, 3.05) is 0 Å². The second-order valence-corrected chi connectivity index (χ2v) is 12.6. The second kappa shape index (κ2) is 10.2. The number of aryl methyl sites for hydroxylation is 1. The molecular formula is C31H27FNOP. The van der Waals surface area contributed by atoms with Gasteiger partial charge < -0.3 is 0 Å². The number of oxazole rings is 1. The van der Waals surface area contributed by atoms with Gasteiger partial charge in [0.05, 0.1) is 0 Å². The molecule has 1 heterocycles. The third kappa shape index (κ3) is 4.87. The molecule has 0 fully saturated rings. The molecule has 0 aliphatic heterocycles. The Morgan fingerprint density at radius 3 is 1.80 bits per heavy atom. The summed E-state index contributed by atoms with van der Waals surface area (Å²) in [5.41, 5.74) is 2.29. The summed E-state index contributed by atoms with van der Waals surface area (Å²) in [5.74, 6) is 0.216. The molecule has 0 aliphatic rings. The summed E-state index contributed by atoms with van der Waals surface area (Å²) in [4.78, 5) is 4.79. The first-order valence-corrected chi connectivity index (χ1v) is 13.9. The number of hydrogen-bond donors (Lipinski definition) is 0. The van der Waals surface area contributed by atoms with Gasteiger partial charge in [0, 0.05) is 0 Å². The van der Waals surface area contributed by atoms with Crippen LogP contribution in [0.2, 0.25) is 0 Å². The third-order valence-electron chi connectivity index (χ3n) is 6.38. The van der Waals surface area contributed by atoms with E-state index in [4.69, 9.17) is 9.40 Å². The van der Waals surface area contributed by atoms with E-state index in [2.05, 4.69) is 91.0 Å². The molecule has 0 radical (unpaired) electrons. The van der Waals surface area contributed by atoms with E-state index in [1.54, 1.807) is 24.5 Å². The molecule has 0 aliphatic carbocycles. The fourth-order valence-corrected chi connectivity index (χ4v) is 9.26. The third-order valence-corrected chi connectivity index (χ3v) is 11.2. The molecule has 4 heteroatoms. The summed E-state index contributed by atoms with van der Waals surface area (Å²) < 4.78 is 20.1. The molecule has 0 saturated carbocycles. The fraction of sp³-hybridized carbons (Fsp3) is 0.0645. The van der Waals surface area contributed by atoms with Gasteiger partial charge in [0.15, 0.2) is 0 Å². The van der Waals surface area contributed by atoms with E-state index in [1.807, 2.05) is 13.0 Å². The molecule has 1 aromatic heterocycles. The maximum absolute atomic E-state index is 14.2. The van der Waals surface area contributed by atoms with E-state index >= 15 is 0 Å². The number of nitrogens with zero attached hydrogens (tertiary/aromatic N) is 1. The molecule has 0 atom stereocenters. The van der Waals surface area contributed by atoms with Crippen LogP contribution in [0, 0.1) is 12.7 Å². The van der Waals surface area contributed by atoms with Crippen molar-refractivity contribution in [2.24, 2.45) is 0 Å². The summed E-state index contributed by atoms with van der Waals surface area (Å²) in [6, 6.07) is 37.4. The quantitative estimate of drug-likeness (QED) is 0.249. The van der Waals surface area contributed by atoms with Crippen molar-refractivity contribution in [1.29, 1.82) is 0 Å². The van der Waals surface area contributed by atoms with Crippen molar-refractivity contribution in [3.8, 4) is 0 Å². The molecular weight excluding hydrogens is 452 g/mol. The number of rotatable bonds is 7. The number of aromatic nitrogens is 1. The van der Waals surface area contributed by atoms with E-state index in [-0.39, 0.29) is 5.82 Å². The summed E-state index contributed by atoms with van der Waals surface area (Å²) in [7, 11) is -2.46. The fourth-order valence-electron chi connectivity index (χ4n) is 4.65. The van der Waals surface area contributed by atoms with Crippen LogP contribution in [0.4, 0.5) is 4.39 Å². The molecule has 5 rings (SSSR count). The molecule has 0 saturated heterocycles. The molecule has 35 heavy (non-hydrogen) atoms. The van der Waals surface area contributed by atoms with E-state index < -0.39 is 7.26 Å². The van der Waals surface area contributed by atoms with Crippen molar-refractivity contribution in [2.45, 2.75) is 13.1 Å². The van der Waals surface area contributed by atoms with E-state index in [0.29, 0.717) is 11.5 Å². The predicted octanol–water partition coefficient (Wildman–Crippen LogP) is 6.52. The summed E-state index contributed by atoms with van der Waals surface area (Å²) in [5, 5.41) is 3.96. The Labute approximate surface area is 206 Å². The van der Waals surface area contributed by atoms with Crippen molar-refractivity contribution in [1.82, 2.24) is 4.98 Å². The number of halogens is 1. The average Bonchev–Trinajstić information content (AvgIpc) is 3.35. The van der Waals surface area contributed by atoms with Crippen LogP contribution in [-0.4, -0.2) is 4.98 Å². The van der Waals surface area contributed by atoms with E-state index in [0.717, 1.165) is 17.4 Å². The molecule has 0 amide bonds. The SMILES string of the molecule is Cc1ccc(/C=C/c2nc(C[PH](c3ccccc3)(c3ccccc3)c3ccccc3)co2)c(F)c1. The van der Waals surface area contributed by atoms with Gasteiger partial charge in [0.1, 0.15) is 0 Å². The average molecular weight is 480 g/mol. The van der Waals surface area contributed by atoms with Gasteiger partial charge in [0.25, 0.3) is 0 Å². The second-order valence-electron chi connectivity index (χ2n) is 8.72. The molecule has 4 aromatic carbocycles. The molecule has 0 N–H and O–H groups in total. The molecule has 174 valence electrons. The first-order valence-electron chi connectivity index (χ1n) is 11.7. The van der Waals surface area contributed by atoms with Gasteiger partial charge >= 0.3 is 206 Å². The topological polar surface area (TPSA) is 26.0 Å². The Kier molecular flexibility index (Phi) is 6.70. The van der Waals surface area contributed by atoms with Gasteiger partial charge in [-0.2, -0.15) is 0 Å². The van der Waals surface area contributed by atoms with Crippen LogP contribution in [0.3, 0.4) is 0 Å². The first kappa shape index (κ1) is 23.0. The van der Waals surface area contributed by atoms with Crippen LogP contribution >= 0.6 is 7.26 Å². The van der Waals surface area contributed by atoms with Crippen LogP contribution in [0.1, 0.15) is 22.7 Å². The van der Waals surface area contributed by atoms with Gasteiger partial charge in [-0.05, 0) is 0 Å². The van der Waals surface area contributed by atoms with Crippen molar-refractivity contribution in [3.63, 3.8) is 0 Å². The van der Waals surface area contributed by atoms with Crippen molar-refractivity contribution >= 4 is 35.3 Å². The summed E-state index contributed by atoms with van der Waals surface area (Å²) in [6.07, 6.45) is 5.93. The van der Waals surface area contributed by atoms with Crippen LogP contribution in [0.25, 0.3) is 12.2 Å². The van der Waals surface area contributed by atoms with Gasteiger partial charge in [-0.25, -0.2) is 0 Å². The zero-order valence-corrected chi connectivity index (χ0v) is 20.6. The van der Waals surface area contributed by atoms with Crippen molar-refractivity contribution < 1.29 is 8.81 Å².